The van der Waals surface area contributed by atoms with Crippen LogP contribution in [0.4, 0.5) is 11.5 Å². The van der Waals surface area contributed by atoms with Crippen molar-refractivity contribution in [3.05, 3.63) is 52.1 Å². The van der Waals surface area contributed by atoms with Crippen molar-refractivity contribution in [2.24, 2.45) is 0 Å². The number of nitrogens with one attached hydrogen (secondary N) is 1. The minimum atomic E-state index is -0.248. The van der Waals surface area contributed by atoms with Crippen LogP contribution in [0.3, 0.4) is 0 Å². The van der Waals surface area contributed by atoms with Gasteiger partial charge in [-0.1, -0.05) is 37.0 Å². The van der Waals surface area contributed by atoms with Crippen LogP contribution < -0.4 is 10.2 Å². The molecule has 1 aromatic carbocycles. The molecule has 0 aliphatic rings. The summed E-state index contributed by atoms with van der Waals surface area (Å²) in [6.45, 7) is 6.23. The Balaban J connectivity index is 2.07. The SMILES string of the molecule is CCCN(CCC)c1ccc(NC(=O)c2ccc(Cl)c(Cl)c2)cn1. The normalized spacial score (nSPS) is 10.5. The molecule has 0 atom stereocenters. The molecule has 4 nitrogen and oxygen atoms in total. The summed E-state index contributed by atoms with van der Waals surface area (Å²) in [6.07, 6.45) is 3.80. The van der Waals surface area contributed by atoms with Crippen molar-refractivity contribution < 1.29 is 4.79 Å². The number of carbonyl (C=O) groups is 1. The molecule has 0 saturated carbocycles. The van der Waals surface area contributed by atoms with E-state index in [0.29, 0.717) is 21.3 Å². The first kappa shape index (κ1) is 18.6. The molecular weight excluding hydrogens is 345 g/mol. The highest BCUT2D eigenvalue weighted by molar-refractivity contribution is 6.42. The van der Waals surface area contributed by atoms with Crippen molar-refractivity contribution >= 4 is 40.6 Å². The number of rotatable bonds is 7. The van der Waals surface area contributed by atoms with Crippen molar-refractivity contribution in [2.75, 3.05) is 23.3 Å². The van der Waals surface area contributed by atoms with E-state index < -0.39 is 0 Å². The molecule has 0 unspecified atom stereocenters. The lowest BCUT2D eigenvalue weighted by Gasteiger charge is -2.22. The number of halogens is 2. The first-order valence-corrected chi connectivity index (χ1v) is 8.78. The molecule has 0 aliphatic heterocycles. The number of pyridine rings is 1. The molecule has 6 heteroatoms. The van der Waals surface area contributed by atoms with E-state index in [1.54, 1.807) is 24.4 Å². The van der Waals surface area contributed by atoms with Gasteiger partial charge in [0, 0.05) is 18.7 Å². The van der Waals surface area contributed by atoms with E-state index in [1.807, 2.05) is 12.1 Å². The maximum absolute atomic E-state index is 12.3. The van der Waals surface area contributed by atoms with Gasteiger partial charge >= 0.3 is 0 Å². The van der Waals surface area contributed by atoms with E-state index in [-0.39, 0.29) is 5.91 Å². The van der Waals surface area contributed by atoms with E-state index in [1.165, 1.54) is 0 Å². The fourth-order valence-electron chi connectivity index (χ4n) is 2.37. The topological polar surface area (TPSA) is 45.2 Å². The van der Waals surface area contributed by atoms with Crippen LogP contribution in [0.15, 0.2) is 36.5 Å². The Morgan fingerprint density at radius 1 is 1.08 bits per heavy atom. The fraction of sp³-hybridized carbons (Fsp3) is 0.333. The van der Waals surface area contributed by atoms with Gasteiger partial charge in [-0.2, -0.15) is 0 Å². The molecular formula is C18H21Cl2N3O. The van der Waals surface area contributed by atoms with E-state index in [4.69, 9.17) is 23.2 Å². The van der Waals surface area contributed by atoms with Crippen molar-refractivity contribution in [1.82, 2.24) is 4.98 Å². The number of carbonyl (C=O) groups excluding carboxylic acids is 1. The first-order valence-electron chi connectivity index (χ1n) is 8.02. The van der Waals surface area contributed by atoms with Crippen LogP contribution >= 0.6 is 23.2 Å². The molecule has 0 radical (unpaired) electrons. The van der Waals surface area contributed by atoms with Crippen LogP contribution in [0.25, 0.3) is 0 Å². The number of hydrogen-bond donors (Lipinski definition) is 1. The summed E-state index contributed by atoms with van der Waals surface area (Å²) in [4.78, 5) is 18.9. The predicted molar refractivity (Wildman–Crippen MR) is 101 cm³/mol. The molecule has 1 aromatic heterocycles. The lowest BCUT2D eigenvalue weighted by molar-refractivity contribution is 0.102. The zero-order valence-corrected chi connectivity index (χ0v) is 15.4. The van der Waals surface area contributed by atoms with E-state index in [2.05, 4.69) is 29.0 Å². The molecule has 0 spiro atoms. The predicted octanol–water partition coefficient (Wildman–Crippen LogP) is 5.27. The lowest BCUT2D eigenvalue weighted by atomic mass is 10.2. The second-order valence-electron chi connectivity index (χ2n) is 5.48. The Hall–Kier alpha value is -1.78. The summed E-state index contributed by atoms with van der Waals surface area (Å²) in [5.74, 6) is 0.674. The molecule has 2 rings (SSSR count). The van der Waals surface area contributed by atoms with Crippen molar-refractivity contribution in [3.8, 4) is 0 Å². The van der Waals surface area contributed by atoms with Crippen molar-refractivity contribution in [2.45, 2.75) is 26.7 Å². The van der Waals surface area contributed by atoms with Crippen molar-refractivity contribution in [1.29, 1.82) is 0 Å². The Kier molecular flexibility index (Phi) is 6.88. The smallest absolute Gasteiger partial charge is 0.255 e. The Morgan fingerprint density at radius 2 is 1.79 bits per heavy atom. The number of anilines is 2. The monoisotopic (exact) mass is 365 g/mol. The summed E-state index contributed by atoms with van der Waals surface area (Å²) in [6, 6.07) is 8.57. The van der Waals surface area contributed by atoms with Gasteiger partial charge in [0.15, 0.2) is 0 Å². The number of amides is 1. The molecule has 128 valence electrons. The minimum Gasteiger partial charge on any atom is -0.357 e. The van der Waals surface area contributed by atoms with Gasteiger partial charge in [-0.15, -0.1) is 0 Å². The summed E-state index contributed by atoms with van der Waals surface area (Å²) in [7, 11) is 0. The molecule has 2 aromatic rings. The van der Waals surface area contributed by atoms with Crippen LogP contribution in [-0.4, -0.2) is 24.0 Å². The maximum Gasteiger partial charge on any atom is 0.255 e. The van der Waals surface area contributed by atoms with Crippen LogP contribution in [0.5, 0.6) is 0 Å². The first-order chi connectivity index (χ1) is 11.5. The van der Waals surface area contributed by atoms with E-state index in [0.717, 1.165) is 31.7 Å². The summed E-state index contributed by atoms with van der Waals surface area (Å²) < 4.78 is 0. The molecule has 1 amide bonds. The number of nitrogens with zero attached hydrogens (tertiary/aromatic N) is 2. The van der Waals surface area contributed by atoms with Crippen LogP contribution in [-0.2, 0) is 0 Å². The van der Waals surface area contributed by atoms with E-state index in [9.17, 15) is 4.79 Å². The number of aromatic nitrogens is 1. The summed E-state index contributed by atoms with van der Waals surface area (Å²) in [5, 5.41) is 3.59. The molecule has 0 fully saturated rings. The average molecular weight is 366 g/mol. The summed E-state index contributed by atoms with van der Waals surface area (Å²) in [5.41, 5.74) is 1.09. The van der Waals surface area contributed by atoms with Gasteiger partial charge in [0.25, 0.3) is 5.91 Å². The summed E-state index contributed by atoms with van der Waals surface area (Å²) >= 11 is 11.8. The zero-order chi connectivity index (χ0) is 17.5. The van der Waals surface area contributed by atoms with Crippen LogP contribution in [0.1, 0.15) is 37.0 Å². The van der Waals surface area contributed by atoms with Crippen LogP contribution in [0, 0.1) is 0 Å². The molecule has 0 aliphatic carbocycles. The van der Waals surface area contributed by atoms with Gasteiger partial charge in [-0.25, -0.2) is 4.98 Å². The molecule has 1 N–H and O–H groups in total. The van der Waals surface area contributed by atoms with Gasteiger partial charge in [0.2, 0.25) is 0 Å². The van der Waals surface area contributed by atoms with E-state index >= 15 is 0 Å². The third kappa shape index (κ3) is 4.86. The second kappa shape index (κ2) is 8.90. The molecule has 1 heterocycles. The van der Waals surface area contributed by atoms with Gasteiger partial charge < -0.3 is 10.2 Å². The molecule has 0 saturated heterocycles. The van der Waals surface area contributed by atoms with Gasteiger partial charge in [-0.05, 0) is 43.2 Å². The minimum absolute atomic E-state index is 0.248. The zero-order valence-electron chi connectivity index (χ0n) is 13.9. The lowest BCUT2D eigenvalue weighted by Crippen LogP contribution is -2.25. The molecule has 24 heavy (non-hydrogen) atoms. The van der Waals surface area contributed by atoms with Gasteiger partial charge in [-0.3, -0.25) is 4.79 Å². The Labute approximate surface area is 152 Å². The third-order valence-corrected chi connectivity index (χ3v) is 4.24. The van der Waals surface area contributed by atoms with Gasteiger partial charge in [0.05, 0.1) is 21.9 Å². The van der Waals surface area contributed by atoms with Crippen LogP contribution in [0.2, 0.25) is 10.0 Å². The highest BCUT2D eigenvalue weighted by Crippen LogP contribution is 2.23. The number of benzene rings is 1. The quantitative estimate of drug-likeness (QED) is 0.726. The Morgan fingerprint density at radius 3 is 2.33 bits per heavy atom. The fourth-order valence-corrected chi connectivity index (χ4v) is 2.67. The molecule has 0 bridgehead atoms. The average Bonchev–Trinajstić information content (AvgIpc) is 2.58. The second-order valence-corrected chi connectivity index (χ2v) is 6.29. The van der Waals surface area contributed by atoms with Gasteiger partial charge in [0.1, 0.15) is 5.82 Å². The largest absolute Gasteiger partial charge is 0.357 e. The standard InChI is InChI=1S/C18H21Cl2N3O/c1-3-9-23(10-4-2)17-8-6-14(12-21-17)22-18(24)13-5-7-15(19)16(20)11-13/h5-8,11-12H,3-4,9-10H2,1-2H3,(H,22,24). The highest BCUT2D eigenvalue weighted by Gasteiger charge is 2.10. The van der Waals surface area contributed by atoms with Crippen molar-refractivity contribution in [3.63, 3.8) is 0 Å². The highest BCUT2D eigenvalue weighted by atomic mass is 35.5. The third-order valence-electron chi connectivity index (χ3n) is 3.50. The number of hydrogen-bond acceptors (Lipinski definition) is 3. The Bertz CT molecular complexity index is 683. The maximum atomic E-state index is 12.3.